The van der Waals surface area contributed by atoms with Crippen LogP contribution in [0.1, 0.15) is 40.7 Å². The zero-order valence-corrected chi connectivity index (χ0v) is 12.6. The van der Waals surface area contributed by atoms with Gasteiger partial charge < -0.3 is 15.3 Å². The Balaban J connectivity index is 1.83. The van der Waals surface area contributed by atoms with Crippen LogP contribution in [0, 0.1) is 0 Å². The van der Waals surface area contributed by atoms with Gasteiger partial charge in [-0.1, -0.05) is 6.07 Å². The lowest BCUT2D eigenvalue weighted by Gasteiger charge is -2.25. The second-order valence-electron chi connectivity index (χ2n) is 5.82. The fourth-order valence-corrected chi connectivity index (χ4v) is 3.11. The van der Waals surface area contributed by atoms with Gasteiger partial charge in [0, 0.05) is 24.7 Å². The third-order valence-electron chi connectivity index (χ3n) is 4.26. The predicted octanol–water partition coefficient (Wildman–Crippen LogP) is 1.41. The van der Waals surface area contributed by atoms with Crippen molar-refractivity contribution < 1.29 is 19.5 Å². The SMILES string of the molecule is O=C(O)C=Cc1ccc2c(c1)CN(C1CCCCNC1=O)C2=O. The lowest BCUT2D eigenvalue weighted by molar-refractivity contribution is -0.131. The van der Waals surface area contributed by atoms with Crippen molar-refractivity contribution in [1.82, 2.24) is 10.2 Å². The molecule has 2 amide bonds. The summed E-state index contributed by atoms with van der Waals surface area (Å²) in [6.07, 6.45) is 5.08. The third kappa shape index (κ3) is 3.11. The van der Waals surface area contributed by atoms with Crippen molar-refractivity contribution in [2.45, 2.75) is 31.8 Å². The Morgan fingerprint density at radius 1 is 1.30 bits per heavy atom. The van der Waals surface area contributed by atoms with Gasteiger partial charge in [0.25, 0.3) is 5.91 Å². The van der Waals surface area contributed by atoms with Crippen LogP contribution in [-0.4, -0.2) is 40.4 Å². The number of fused-ring (bicyclic) bond motifs is 1. The highest BCUT2D eigenvalue weighted by molar-refractivity contribution is 6.01. The molecule has 2 aliphatic rings. The molecule has 2 heterocycles. The van der Waals surface area contributed by atoms with E-state index in [1.807, 2.05) is 0 Å². The van der Waals surface area contributed by atoms with Gasteiger partial charge in [0.05, 0.1) is 0 Å². The average molecular weight is 314 g/mol. The average Bonchev–Trinajstić information content (AvgIpc) is 2.69. The largest absolute Gasteiger partial charge is 0.478 e. The third-order valence-corrected chi connectivity index (χ3v) is 4.26. The summed E-state index contributed by atoms with van der Waals surface area (Å²) in [5, 5.41) is 11.5. The molecule has 1 aromatic carbocycles. The van der Waals surface area contributed by atoms with Crippen molar-refractivity contribution >= 4 is 23.9 Å². The molecule has 6 heteroatoms. The van der Waals surface area contributed by atoms with Crippen LogP contribution < -0.4 is 5.32 Å². The normalized spacial score (nSPS) is 21.2. The first-order valence-electron chi connectivity index (χ1n) is 7.69. The summed E-state index contributed by atoms with van der Waals surface area (Å²) in [5.41, 5.74) is 2.15. The lowest BCUT2D eigenvalue weighted by Crippen LogP contribution is -2.45. The van der Waals surface area contributed by atoms with E-state index in [4.69, 9.17) is 5.11 Å². The van der Waals surface area contributed by atoms with Gasteiger partial charge in [0.15, 0.2) is 0 Å². The van der Waals surface area contributed by atoms with Crippen LogP contribution in [0.15, 0.2) is 24.3 Å². The van der Waals surface area contributed by atoms with Crippen LogP contribution in [0.3, 0.4) is 0 Å². The maximum Gasteiger partial charge on any atom is 0.328 e. The molecule has 2 N–H and O–H groups in total. The smallest absolute Gasteiger partial charge is 0.328 e. The summed E-state index contributed by atoms with van der Waals surface area (Å²) in [6, 6.07) is 4.80. The van der Waals surface area contributed by atoms with E-state index in [9.17, 15) is 14.4 Å². The Bertz CT molecular complexity index is 696. The summed E-state index contributed by atoms with van der Waals surface area (Å²) in [5.74, 6) is -1.23. The number of carboxylic acids is 1. The molecule has 1 fully saturated rings. The molecule has 1 atom stereocenters. The Kier molecular flexibility index (Phi) is 4.14. The van der Waals surface area contributed by atoms with Crippen LogP contribution >= 0.6 is 0 Å². The highest BCUT2D eigenvalue weighted by atomic mass is 16.4. The molecule has 6 nitrogen and oxygen atoms in total. The van der Waals surface area contributed by atoms with E-state index < -0.39 is 12.0 Å². The molecule has 1 unspecified atom stereocenters. The number of carbonyl (C=O) groups excluding carboxylic acids is 2. The van der Waals surface area contributed by atoms with Gasteiger partial charge in [-0.25, -0.2) is 4.79 Å². The van der Waals surface area contributed by atoms with Crippen molar-refractivity contribution in [2.75, 3.05) is 6.54 Å². The number of nitrogens with zero attached hydrogens (tertiary/aromatic N) is 1. The van der Waals surface area contributed by atoms with E-state index in [1.165, 1.54) is 6.08 Å². The van der Waals surface area contributed by atoms with Gasteiger partial charge in [-0.05, 0) is 48.6 Å². The van der Waals surface area contributed by atoms with Gasteiger partial charge in [0.1, 0.15) is 6.04 Å². The number of amides is 2. The minimum Gasteiger partial charge on any atom is -0.478 e. The van der Waals surface area contributed by atoms with Crippen molar-refractivity contribution in [3.63, 3.8) is 0 Å². The van der Waals surface area contributed by atoms with Crippen molar-refractivity contribution in [3.8, 4) is 0 Å². The maximum absolute atomic E-state index is 12.6. The first-order chi connectivity index (χ1) is 11.1. The number of carboxylic acid groups (broad SMARTS) is 1. The highest BCUT2D eigenvalue weighted by Gasteiger charge is 2.36. The molecule has 120 valence electrons. The standard InChI is InChI=1S/C17H18N2O4/c20-15(21)7-5-11-4-6-13-12(9-11)10-19(17(13)23)14-3-1-2-8-18-16(14)22/h4-7,9,14H,1-3,8,10H2,(H,18,22)(H,20,21). The maximum atomic E-state index is 12.6. The fraction of sp³-hybridized carbons (Fsp3) is 0.353. The van der Waals surface area contributed by atoms with Gasteiger partial charge >= 0.3 is 5.97 Å². The van der Waals surface area contributed by atoms with Crippen LogP contribution in [0.2, 0.25) is 0 Å². The topological polar surface area (TPSA) is 86.7 Å². The zero-order chi connectivity index (χ0) is 16.4. The molecule has 2 aliphatic heterocycles. The van der Waals surface area contributed by atoms with Gasteiger partial charge in [-0.2, -0.15) is 0 Å². The number of benzene rings is 1. The second-order valence-corrected chi connectivity index (χ2v) is 5.82. The van der Waals surface area contributed by atoms with Crippen LogP contribution in [0.4, 0.5) is 0 Å². The minimum absolute atomic E-state index is 0.0883. The first-order valence-corrected chi connectivity index (χ1v) is 7.69. The van der Waals surface area contributed by atoms with Crippen molar-refractivity contribution in [2.24, 2.45) is 0 Å². The Morgan fingerprint density at radius 3 is 2.91 bits per heavy atom. The summed E-state index contributed by atoms with van der Waals surface area (Å²) < 4.78 is 0. The molecule has 0 aliphatic carbocycles. The number of hydrogen-bond donors (Lipinski definition) is 2. The Morgan fingerprint density at radius 2 is 2.13 bits per heavy atom. The van der Waals surface area contributed by atoms with E-state index in [0.717, 1.165) is 30.0 Å². The second kappa shape index (κ2) is 6.24. The molecule has 3 rings (SSSR count). The van der Waals surface area contributed by atoms with Crippen LogP contribution in [-0.2, 0) is 16.1 Å². The minimum atomic E-state index is -1.02. The Hall–Kier alpha value is -2.63. The zero-order valence-electron chi connectivity index (χ0n) is 12.6. The van der Waals surface area contributed by atoms with E-state index in [2.05, 4.69) is 5.32 Å². The highest BCUT2D eigenvalue weighted by Crippen LogP contribution is 2.28. The van der Waals surface area contributed by atoms with Crippen LogP contribution in [0.25, 0.3) is 6.08 Å². The molecule has 0 aromatic heterocycles. The summed E-state index contributed by atoms with van der Waals surface area (Å²) in [4.78, 5) is 36.9. The predicted molar refractivity (Wildman–Crippen MR) is 83.6 cm³/mol. The molecule has 0 bridgehead atoms. The van der Waals surface area contributed by atoms with Gasteiger partial charge in [0.2, 0.25) is 5.91 Å². The number of hydrogen-bond acceptors (Lipinski definition) is 3. The molecular formula is C17H18N2O4. The number of aliphatic carboxylic acids is 1. The first kappa shape index (κ1) is 15.3. The molecular weight excluding hydrogens is 296 g/mol. The van der Waals surface area contributed by atoms with E-state index in [0.29, 0.717) is 25.1 Å². The quantitative estimate of drug-likeness (QED) is 0.826. The number of nitrogens with one attached hydrogen (secondary N) is 1. The fourth-order valence-electron chi connectivity index (χ4n) is 3.11. The van der Waals surface area contributed by atoms with Gasteiger partial charge in [-0.3, -0.25) is 9.59 Å². The van der Waals surface area contributed by atoms with Crippen LogP contribution in [0.5, 0.6) is 0 Å². The summed E-state index contributed by atoms with van der Waals surface area (Å²) in [6.45, 7) is 1.05. The number of rotatable bonds is 3. The molecule has 0 saturated carbocycles. The molecule has 1 aromatic rings. The summed E-state index contributed by atoms with van der Waals surface area (Å²) in [7, 11) is 0. The molecule has 0 radical (unpaired) electrons. The lowest BCUT2D eigenvalue weighted by atomic mass is 10.1. The Labute approximate surface area is 133 Å². The summed E-state index contributed by atoms with van der Waals surface area (Å²) >= 11 is 0. The van der Waals surface area contributed by atoms with E-state index in [-0.39, 0.29) is 11.8 Å². The monoisotopic (exact) mass is 314 g/mol. The van der Waals surface area contributed by atoms with E-state index in [1.54, 1.807) is 23.1 Å². The van der Waals surface area contributed by atoms with Crippen molar-refractivity contribution in [1.29, 1.82) is 0 Å². The molecule has 23 heavy (non-hydrogen) atoms. The molecule has 1 saturated heterocycles. The number of carbonyl (C=O) groups is 3. The van der Waals surface area contributed by atoms with Crippen molar-refractivity contribution in [3.05, 3.63) is 41.0 Å². The van der Waals surface area contributed by atoms with Gasteiger partial charge in [-0.15, -0.1) is 0 Å². The molecule has 0 spiro atoms. The van der Waals surface area contributed by atoms with E-state index >= 15 is 0 Å².